The lowest BCUT2D eigenvalue weighted by atomic mass is 9.98. The van der Waals surface area contributed by atoms with E-state index in [1.165, 1.54) is 6.07 Å². The Kier molecular flexibility index (Phi) is 4.29. The van der Waals surface area contributed by atoms with Crippen LogP contribution in [0.5, 0.6) is 0 Å². The molecule has 1 aliphatic heterocycles. The van der Waals surface area contributed by atoms with Gasteiger partial charge in [0, 0.05) is 25.8 Å². The third-order valence-corrected chi connectivity index (χ3v) is 3.31. The van der Waals surface area contributed by atoms with Crippen molar-refractivity contribution in [2.75, 3.05) is 30.0 Å². The number of nitrogens with zero attached hydrogens (tertiary/aromatic N) is 3. The fraction of sp³-hybridized carbons (Fsp3) is 0.636. The first-order chi connectivity index (χ1) is 9.44. The number of alkyl halides is 3. The molecule has 0 saturated carbocycles. The summed E-state index contributed by atoms with van der Waals surface area (Å²) in [6.07, 6.45) is -3.19. The van der Waals surface area contributed by atoms with Crippen LogP contribution in [0.15, 0.2) is 6.07 Å². The number of nitrogens with one attached hydrogen (secondary N) is 1. The van der Waals surface area contributed by atoms with E-state index in [1.807, 2.05) is 0 Å². The smallest absolute Gasteiger partial charge is 0.396 e. The van der Waals surface area contributed by atoms with Crippen LogP contribution < -0.4 is 16.2 Å². The molecule has 1 aliphatic rings. The minimum Gasteiger partial charge on any atom is -0.396 e. The van der Waals surface area contributed by atoms with Crippen LogP contribution >= 0.6 is 0 Å². The molecule has 1 aromatic heterocycles. The normalized spacial score (nSPS) is 17.4. The number of nitrogen functional groups attached to an aromatic ring is 1. The van der Waals surface area contributed by atoms with Crippen molar-refractivity contribution in [1.82, 2.24) is 9.97 Å². The highest BCUT2D eigenvalue weighted by Crippen LogP contribution is 2.30. The fourth-order valence-electron chi connectivity index (χ4n) is 2.14. The highest BCUT2D eigenvalue weighted by Gasteiger charge is 2.36. The number of aromatic nitrogens is 2. The van der Waals surface area contributed by atoms with E-state index < -0.39 is 12.0 Å². The summed E-state index contributed by atoms with van der Waals surface area (Å²) in [6.45, 7) is 1.19. The van der Waals surface area contributed by atoms with Gasteiger partial charge in [0.15, 0.2) is 0 Å². The molecular weight excluding hydrogens is 275 g/mol. The number of piperidine rings is 1. The number of hydrogen-bond donors (Lipinski definition) is 3. The van der Waals surface area contributed by atoms with Crippen molar-refractivity contribution < 1.29 is 18.3 Å². The maximum absolute atomic E-state index is 12.7. The minimum absolute atomic E-state index is 0.0772. The lowest BCUT2D eigenvalue weighted by molar-refractivity contribution is -0.144. The van der Waals surface area contributed by atoms with E-state index in [1.54, 1.807) is 4.90 Å². The number of halogens is 3. The number of aliphatic hydroxyl groups is 1. The summed E-state index contributed by atoms with van der Waals surface area (Å²) in [4.78, 5) is 8.61. The van der Waals surface area contributed by atoms with Crippen LogP contribution in [-0.2, 0) is 6.18 Å². The summed E-state index contributed by atoms with van der Waals surface area (Å²) < 4.78 is 38.2. The zero-order valence-corrected chi connectivity index (χ0v) is 10.7. The van der Waals surface area contributed by atoms with Crippen LogP contribution in [0.2, 0.25) is 0 Å². The Bertz CT molecular complexity index is 460. The van der Waals surface area contributed by atoms with E-state index in [-0.39, 0.29) is 24.2 Å². The molecule has 0 amide bonds. The highest BCUT2D eigenvalue weighted by molar-refractivity contribution is 5.49. The van der Waals surface area contributed by atoms with Crippen molar-refractivity contribution in [3.63, 3.8) is 0 Å². The number of hydrazine groups is 1. The molecule has 1 saturated heterocycles. The molecule has 4 N–H and O–H groups in total. The SMILES string of the molecule is NNc1cc(N2CCC(CO)CC2)nc(C(F)(F)F)n1. The predicted molar refractivity (Wildman–Crippen MR) is 66.9 cm³/mol. The van der Waals surface area contributed by atoms with Gasteiger partial charge in [-0.1, -0.05) is 0 Å². The molecule has 0 bridgehead atoms. The van der Waals surface area contributed by atoms with Gasteiger partial charge >= 0.3 is 6.18 Å². The average Bonchev–Trinajstić information content (AvgIpc) is 2.46. The number of aliphatic hydroxyl groups excluding tert-OH is 1. The number of hydrogen-bond acceptors (Lipinski definition) is 6. The molecule has 0 unspecified atom stereocenters. The Balaban J connectivity index is 2.23. The van der Waals surface area contributed by atoms with Crippen LogP contribution in [0.25, 0.3) is 0 Å². The largest absolute Gasteiger partial charge is 0.451 e. The van der Waals surface area contributed by atoms with Gasteiger partial charge in [0.05, 0.1) is 0 Å². The van der Waals surface area contributed by atoms with Gasteiger partial charge in [-0.2, -0.15) is 13.2 Å². The Morgan fingerprint density at radius 2 is 2.00 bits per heavy atom. The Morgan fingerprint density at radius 1 is 1.35 bits per heavy atom. The number of anilines is 2. The molecule has 9 heteroatoms. The van der Waals surface area contributed by atoms with Crippen molar-refractivity contribution in [3.8, 4) is 0 Å². The molecule has 112 valence electrons. The minimum atomic E-state index is -4.62. The molecule has 1 fully saturated rings. The van der Waals surface area contributed by atoms with Crippen LogP contribution in [0.1, 0.15) is 18.7 Å². The van der Waals surface area contributed by atoms with Gasteiger partial charge in [0.2, 0.25) is 5.82 Å². The first-order valence-electron chi connectivity index (χ1n) is 6.22. The van der Waals surface area contributed by atoms with Gasteiger partial charge in [0.25, 0.3) is 0 Å². The molecule has 2 rings (SSSR count). The highest BCUT2D eigenvalue weighted by atomic mass is 19.4. The van der Waals surface area contributed by atoms with Gasteiger partial charge < -0.3 is 15.4 Å². The Labute approximate surface area is 113 Å². The Morgan fingerprint density at radius 3 is 2.50 bits per heavy atom. The third-order valence-electron chi connectivity index (χ3n) is 3.31. The maximum atomic E-state index is 12.7. The summed E-state index contributed by atoms with van der Waals surface area (Å²) in [5.41, 5.74) is 2.12. The average molecular weight is 291 g/mol. The van der Waals surface area contributed by atoms with Crippen LogP contribution in [0.4, 0.5) is 24.8 Å². The topological polar surface area (TPSA) is 87.3 Å². The van der Waals surface area contributed by atoms with E-state index in [0.717, 1.165) is 0 Å². The second-order valence-corrected chi connectivity index (χ2v) is 4.69. The summed E-state index contributed by atoms with van der Waals surface area (Å²) in [7, 11) is 0. The second kappa shape index (κ2) is 5.80. The van der Waals surface area contributed by atoms with E-state index in [2.05, 4.69) is 15.4 Å². The van der Waals surface area contributed by atoms with Gasteiger partial charge in [-0.15, -0.1) is 0 Å². The van der Waals surface area contributed by atoms with Crippen molar-refractivity contribution >= 4 is 11.6 Å². The first kappa shape index (κ1) is 14.8. The van der Waals surface area contributed by atoms with Crippen molar-refractivity contribution in [1.29, 1.82) is 0 Å². The summed E-state index contributed by atoms with van der Waals surface area (Å²) in [5.74, 6) is 4.24. The molecule has 2 heterocycles. The Hall–Kier alpha value is -1.61. The van der Waals surface area contributed by atoms with Gasteiger partial charge in [-0.3, -0.25) is 0 Å². The second-order valence-electron chi connectivity index (χ2n) is 4.69. The third kappa shape index (κ3) is 3.28. The van der Waals surface area contributed by atoms with E-state index >= 15 is 0 Å². The monoisotopic (exact) mass is 291 g/mol. The number of rotatable bonds is 3. The lowest BCUT2D eigenvalue weighted by Gasteiger charge is -2.32. The van der Waals surface area contributed by atoms with Crippen molar-refractivity contribution in [3.05, 3.63) is 11.9 Å². The molecular formula is C11H16F3N5O. The quantitative estimate of drug-likeness (QED) is 0.568. The maximum Gasteiger partial charge on any atom is 0.451 e. The number of nitrogens with two attached hydrogens (primary N) is 1. The molecule has 0 spiro atoms. The van der Waals surface area contributed by atoms with E-state index in [4.69, 9.17) is 10.9 Å². The molecule has 0 radical (unpaired) electrons. The van der Waals surface area contributed by atoms with Crippen LogP contribution in [0.3, 0.4) is 0 Å². The van der Waals surface area contributed by atoms with Crippen molar-refractivity contribution in [2.45, 2.75) is 19.0 Å². The van der Waals surface area contributed by atoms with Crippen LogP contribution in [-0.4, -0.2) is 34.8 Å². The zero-order chi connectivity index (χ0) is 14.8. The zero-order valence-electron chi connectivity index (χ0n) is 10.7. The van der Waals surface area contributed by atoms with Crippen LogP contribution in [0, 0.1) is 5.92 Å². The van der Waals surface area contributed by atoms with E-state index in [9.17, 15) is 13.2 Å². The molecule has 0 aromatic carbocycles. The standard InChI is InChI=1S/C11H16F3N5O/c12-11(13,14)10-16-8(18-15)5-9(17-10)19-3-1-7(6-20)2-4-19/h5,7,20H,1-4,6,15H2,(H,16,17,18). The molecule has 6 nitrogen and oxygen atoms in total. The molecule has 0 aliphatic carbocycles. The lowest BCUT2D eigenvalue weighted by Crippen LogP contribution is -2.35. The summed E-state index contributed by atoms with van der Waals surface area (Å²) >= 11 is 0. The molecule has 1 aromatic rings. The van der Waals surface area contributed by atoms with E-state index in [0.29, 0.717) is 25.9 Å². The first-order valence-corrected chi connectivity index (χ1v) is 6.22. The molecule has 20 heavy (non-hydrogen) atoms. The fourth-order valence-corrected chi connectivity index (χ4v) is 2.14. The van der Waals surface area contributed by atoms with Gasteiger partial charge in [0.1, 0.15) is 11.6 Å². The van der Waals surface area contributed by atoms with Gasteiger partial charge in [-0.05, 0) is 18.8 Å². The molecule has 0 atom stereocenters. The summed E-state index contributed by atoms with van der Waals surface area (Å²) in [5, 5.41) is 9.06. The van der Waals surface area contributed by atoms with Crippen molar-refractivity contribution in [2.24, 2.45) is 11.8 Å². The summed E-state index contributed by atoms with van der Waals surface area (Å²) in [6, 6.07) is 1.38. The predicted octanol–water partition coefficient (Wildman–Crippen LogP) is 0.990. The van der Waals surface area contributed by atoms with Gasteiger partial charge in [-0.25, -0.2) is 15.8 Å².